The van der Waals surface area contributed by atoms with Crippen molar-refractivity contribution in [2.45, 2.75) is 0 Å². The van der Waals surface area contributed by atoms with Crippen molar-refractivity contribution < 1.29 is 19.1 Å². The quantitative estimate of drug-likeness (QED) is 0.501. The first-order chi connectivity index (χ1) is 12.5. The second-order valence-corrected chi connectivity index (χ2v) is 7.25. The third kappa shape index (κ3) is 2.93. The molecule has 0 N–H and O–H groups in total. The Morgan fingerprint density at radius 2 is 1.54 bits per heavy atom. The molecule has 26 heavy (non-hydrogen) atoms. The molecule has 0 radical (unpaired) electrons. The highest BCUT2D eigenvalue weighted by Gasteiger charge is 2.14. The van der Waals surface area contributed by atoms with E-state index in [1.807, 2.05) is 18.2 Å². The fraction of sp³-hybridized carbons (Fsp3) is 0.111. The van der Waals surface area contributed by atoms with Gasteiger partial charge in [0, 0.05) is 13.9 Å². The number of thiophene rings is 2. The molecule has 2 heterocycles. The molecular weight excluding hydrogens is 372 g/mol. The predicted molar refractivity (Wildman–Crippen MR) is 99.5 cm³/mol. The van der Waals surface area contributed by atoms with Crippen molar-refractivity contribution in [1.29, 1.82) is 5.26 Å². The van der Waals surface area contributed by atoms with Crippen molar-refractivity contribution in [3.05, 3.63) is 44.7 Å². The van der Waals surface area contributed by atoms with E-state index in [9.17, 15) is 14.9 Å². The zero-order valence-electron chi connectivity index (χ0n) is 13.7. The summed E-state index contributed by atoms with van der Waals surface area (Å²) in [5, 5.41) is 10.9. The van der Waals surface area contributed by atoms with E-state index < -0.39 is 11.9 Å². The number of esters is 2. The van der Waals surface area contributed by atoms with E-state index in [1.165, 1.54) is 36.9 Å². The standard InChI is InChI=1S/C18H10N2O4S2/c1-20-16(18(22)24-3)15-7-10-5-12-9(4-13(10)26-15)6-14(25-12)11(8-19)17(21)23-2/h4-7H,2-3H3/b14-11-,16-15+. The van der Waals surface area contributed by atoms with E-state index in [-0.39, 0.29) is 11.3 Å². The molecule has 0 aliphatic carbocycles. The van der Waals surface area contributed by atoms with E-state index >= 15 is 0 Å². The van der Waals surface area contributed by atoms with Crippen molar-refractivity contribution in [3.8, 4) is 6.07 Å². The third-order valence-electron chi connectivity index (χ3n) is 3.63. The molecule has 0 bridgehead atoms. The fourth-order valence-electron chi connectivity index (χ4n) is 2.41. The summed E-state index contributed by atoms with van der Waals surface area (Å²) in [4.78, 5) is 26.7. The lowest BCUT2D eigenvalue weighted by Crippen LogP contribution is -2.10. The highest BCUT2D eigenvalue weighted by Crippen LogP contribution is 2.27. The molecule has 2 aromatic heterocycles. The van der Waals surface area contributed by atoms with Gasteiger partial charge in [0.05, 0.1) is 25.3 Å². The Labute approximate surface area is 155 Å². The number of fused-ring (bicyclic) bond motifs is 2. The molecule has 0 amide bonds. The Bertz CT molecular complexity index is 1120. The lowest BCUT2D eigenvalue weighted by Gasteiger charge is -1.92. The molecule has 3 rings (SSSR count). The lowest BCUT2D eigenvalue weighted by molar-refractivity contribution is -0.134. The zero-order chi connectivity index (χ0) is 18.8. The number of nitrogens with zero attached hydrogens (tertiary/aromatic N) is 2. The number of rotatable bonds is 2. The molecule has 128 valence electrons. The van der Waals surface area contributed by atoms with Crippen LogP contribution in [0.4, 0.5) is 0 Å². The second-order valence-electron chi connectivity index (χ2n) is 5.08. The Balaban J connectivity index is 2.28. The highest BCUT2D eigenvalue weighted by atomic mass is 32.1. The van der Waals surface area contributed by atoms with Gasteiger partial charge in [-0.2, -0.15) is 5.26 Å². The SMILES string of the molecule is [C-]#[N+]/C(C(=O)OC)=c1\cc2cc3s/c(=C(/C#N)C(=O)OC)cc3cc2s1. The van der Waals surface area contributed by atoms with Gasteiger partial charge in [-0.25, -0.2) is 9.64 Å². The number of ether oxygens (including phenoxy) is 2. The second kappa shape index (κ2) is 6.96. The first-order valence-corrected chi connectivity index (χ1v) is 8.81. The Morgan fingerprint density at radius 3 is 2.04 bits per heavy atom. The van der Waals surface area contributed by atoms with Crippen LogP contribution in [0.25, 0.3) is 36.3 Å². The van der Waals surface area contributed by atoms with Crippen LogP contribution in [0, 0.1) is 17.9 Å². The van der Waals surface area contributed by atoms with E-state index in [2.05, 4.69) is 14.3 Å². The minimum atomic E-state index is -0.669. The van der Waals surface area contributed by atoms with Crippen molar-refractivity contribution in [3.63, 3.8) is 0 Å². The molecule has 0 aliphatic heterocycles. The monoisotopic (exact) mass is 382 g/mol. The molecular formula is C18H10N2O4S2. The molecule has 0 saturated carbocycles. The minimum absolute atomic E-state index is 0.0351. The van der Waals surface area contributed by atoms with Gasteiger partial charge in [-0.1, -0.05) is 0 Å². The van der Waals surface area contributed by atoms with E-state index in [4.69, 9.17) is 6.57 Å². The summed E-state index contributed by atoms with van der Waals surface area (Å²) < 4.78 is 12.1. The summed E-state index contributed by atoms with van der Waals surface area (Å²) in [5.74, 6) is -1.33. The molecule has 3 aromatic rings. The Kier molecular flexibility index (Phi) is 4.72. The van der Waals surface area contributed by atoms with Crippen LogP contribution >= 0.6 is 22.7 Å². The number of benzene rings is 1. The molecule has 0 spiro atoms. The van der Waals surface area contributed by atoms with Crippen LogP contribution in [0.3, 0.4) is 0 Å². The highest BCUT2D eigenvalue weighted by molar-refractivity contribution is 7.19. The number of nitriles is 1. The van der Waals surface area contributed by atoms with E-state index in [0.29, 0.717) is 9.06 Å². The maximum atomic E-state index is 11.7. The molecule has 0 fully saturated rings. The third-order valence-corrected chi connectivity index (χ3v) is 5.85. The predicted octanol–water partition coefficient (Wildman–Crippen LogP) is 2.16. The van der Waals surface area contributed by atoms with Crippen LogP contribution in [-0.4, -0.2) is 26.2 Å². The first-order valence-electron chi connectivity index (χ1n) is 7.18. The van der Waals surface area contributed by atoms with Crippen molar-refractivity contribution >= 4 is 66.1 Å². The zero-order valence-corrected chi connectivity index (χ0v) is 15.3. The van der Waals surface area contributed by atoms with Gasteiger partial charge >= 0.3 is 11.9 Å². The molecule has 0 atom stereocenters. The van der Waals surface area contributed by atoms with Crippen LogP contribution in [-0.2, 0) is 19.1 Å². The van der Waals surface area contributed by atoms with Gasteiger partial charge in [0.2, 0.25) is 0 Å². The van der Waals surface area contributed by atoms with Gasteiger partial charge < -0.3 is 9.47 Å². The Hall–Kier alpha value is -3.20. The molecule has 0 saturated heterocycles. The summed E-state index contributed by atoms with van der Waals surface area (Å²) >= 11 is 2.62. The number of hydrogen-bond donors (Lipinski definition) is 0. The van der Waals surface area contributed by atoms with Crippen molar-refractivity contribution in [2.24, 2.45) is 0 Å². The number of carbonyl (C=O) groups excluding carboxylic acids is 2. The van der Waals surface area contributed by atoms with Gasteiger partial charge in [-0.15, -0.1) is 22.7 Å². The smallest absolute Gasteiger partial charge is 0.350 e. The first kappa shape index (κ1) is 17.6. The van der Waals surface area contributed by atoms with Crippen LogP contribution in [0.2, 0.25) is 0 Å². The van der Waals surface area contributed by atoms with Crippen molar-refractivity contribution in [1.82, 2.24) is 0 Å². The number of methoxy groups -OCH3 is 2. The van der Waals surface area contributed by atoms with Gasteiger partial charge in [-0.05, 0) is 35.0 Å². The molecule has 0 unspecified atom stereocenters. The maximum Gasteiger partial charge on any atom is 0.350 e. The maximum absolute atomic E-state index is 11.7. The summed E-state index contributed by atoms with van der Waals surface area (Å²) in [6.07, 6.45) is 0. The van der Waals surface area contributed by atoms with Crippen LogP contribution in [0.5, 0.6) is 0 Å². The molecule has 8 heteroatoms. The molecule has 1 aromatic carbocycles. The average molecular weight is 382 g/mol. The summed E-state index contributed by atoms with van der Waals surface area (Å²) in [6.45, 7) is 7.19. The summed E-state index contributed by atoms with van der Waals surface area (Å²) in [6, 6.07) is 9.22. The van der Waals surface area contributed by atoms with Crippen molar-refractivity contribution in [2.75, 3.05) is 14.2 Å². The molecule has 6 nitrogen and oxygen atoms in total. The largest absolute Gasteiger partial charge is 0.474 e. The lowest BCUT2D eigenvalue weighted by atomic mass is 10.2. The van der Waals surface area contributed by atoms with Crippen LogP contribution in [0.1, 0.15) is 0 Å². The van der Waals surface area contributed by atoms with Crippen LogP contribution in [0.15, 0.2) is 24.3 Å². The topological polar surface area (TPSA) is 80.8 Å². The Morgan fingerprint density at radius 1 is 1.00 bits per heavy atom. The minimum Gasteiger partial charge on any atom is -0.474 e. The van der Waals surface area contributed by atoms with Gasteiger partial charge in [-0.3, -0.25) is 4.79 Å². The summed E-state index contributed by atoms with van der Waals surface area (Å²) in [5.41, 5.74) is -0.0874. The van der Waals surface area contributed by atoms with Gasteiger partial charge in [0.15, 0.2) is 5.57 Å². The van der Waals surface area contributed by atoms with Gasteiger partial charge in [0.1, 0.15) is 6.07 Å². The van der Waals surface area contributed by atoms with E-state index in [1.54, 1.807) is 12.1 Å². The van der Waals surface area contributed by atoms with Crippen LogP contribution < -0.4 is 9.06 Å². The average Bonchev–Trinajstić information content (AvgIpc) is 3.23. The summed E-state index contributed by atoms with van der Waals surface area (Å²) in [7, 11) is 2.47. The molecule has 0 aliphatic rings. The number of hydrogen-bond acceptors (Lipinski definition) is 7. The number of carbonyl (C=O) groups is 2. The fourth-order valence-corrected chi connectivity index (χ4v) is 4.56. The normalized spacial score (nSPS) is 12.9. The van der Waals surface area contributed by atoms with E-state index in [0.717, 1.165) is 20.2 Å². The van der Waals surface area contributed by atoms with Gasteiger partial charge in [0.25, 0.3) is 5.70 Å².